The largest absolute Gasteiger partial charge is 0.459 e. The maximum Gasteiger partial charge on any atom is 0.338 e. The topological polar surface area (TPSA) is 64.8 Å². The second-order valence-electron chi connectivity index (χ2n) is 4.76. The lowest BCUT2D eigenvalue weighted by molar-refractivity contribution is -0.0578. The molecule has 2 rings (SSSR count). The van der Waals surface area contributed by atoms with Crippen LogP contribution in [0.2, 0.25) is 0 Å². The van der Waals surface area contributed by atoms with Gasteiger partial charge in [0.2, 0.25) is 0 Å². The number of halogens is 1. The van der Waals surface area contributed by atoms with Gasteiger partial charge in [-0.25, -0.2) is 9.18 Å². The number of hydrogen-bond donors (Lipinski definition) is 1. The van der Waals surface area contributed by atoms with Gasteiger partial charge in [0, 0.05) is 18.8 Å². The van der Waals surface area contributed by atoms with Crippen molar-refractivity contribution in [2.24, 2.45) is 0 Å². The number of hydrogen-bond acceptors (Lipinski definition) is 5. The summed E-state index contributed by atoms with van der Waals surface area (Å²) in [7, 11) is 0. The maximum atomic E-state index is 13.2. The van der Waals surface area contributed by atoms with Crippen LogP contribution in [-0.4, -0.2) is 49.8 Å². The summed E-state index contributed by atoms with van der Waals surface area (Å²) in [6.07, 6.45) is -0.140. The van der Waals surface area contributed by atoms with E-state index in [0.29, 0.717) is 6.61 Å². The fourth-order valence-corrected chi connectivity index (χ4v) is 2.15. The summed E-state index contributed by atoms with van der Waals surface area (Å²) in [4.78, 5) is 14.1. The molecular formula is C14H19FN2O3. The van der Waals surface area contributed by atoms with Gasteiger partial charge in [-0.3, -0.25) is 4.90 Å². The minimum absolute atomic E-state index is 0.116. The van der Waals surface area contributed by atoms with Crippen LogP contribution in [0.15, 0.2) is 18.2 Å². The van der Waals surface area contributed by atoms with E-state index >= 15 is 0 Å². The number of rotatable bonds is 4. The van der Waals surface area contributed by atoms with E-state index in [2.05, 4.69) is 11.8 Å². The highest BCUT2D eigenvalue weighted by molar-refractivity contribution is 5.90. The van der Waals surface area contributed by atoms with Gasteiger partial charge in [0.1, 0.15) is 18.5 Å². The van der Waals surface area contributed by atoms with Crippen LogP contribution in [0.4, 0.5) is 10.1 Å². The van der Waals surface area contributed by atoms with Crippen LogP contribution < -0.4 is 5.73 Å². The fraction of sp³-hybridized carbons (Fsp3) is 0.500. The van der Waals surface area contributed by atoms with Crippen molar-refractivity contribution in [3.8, 4) is 0 Å². The van der Waals surface area contributed by atoms with Crippen LogP contribution in [0.3, 0.4) is 0 Å². The average molecular weight is 282 g/mol. The summed E-state index contributed by atoms with van der Waals surface area (Å²) in [6, 6.07) is 3.66. The third-order valence-electron chi connectivity index (χ3n) is 3.23. The van der Waals surface area contributed by atoms with E-state index in [-0.39, 0.29) is 24.0 Å². The van der Waals surface area contributed by atoms with Gasteiger partial charge in [-0.2, -0.15) is 0 Å². The number of nitrogens with zero attached hydrogens (tertiary/aromatic N) is 1. The molecule has 1 aliphatic heterocycles. The van der Waals surface area contributed by atoms with Crippen molar-refractivity contribution in [3.63, 3.8) is 0 Å². The molecule has 1 aliphatic rings. The first kappa shape index (κ1) is 14.7. The Hall–Kier alpha value is -1.66. The fourth-order valence-electron chi connectivity index (χ4n) is 2.15. The highest BCUT2D eigenvalue weighted by Crippen LogP contribution is 2.13. The average Bonchev–Trinajstić information content (AvgIpc) is 2.44. The standard InChI is InChI=1S/C14H19FN2O3/c1-2-17-3-4-19-13(8-17)9-20-14(18)10-5-11(15)7-12(16)6-10/h5-7,13H,2-4,8-9,16H2,1H3. The van der Waals surface area contributed by atoms with Gasteiger partial charge in [-0.1, -0.05) is 6.92 Å². The van der Waals surface area contributed by atoms with Gasteiger partial charge >= 0.3 is 5.97 Å². The molecule has 0 aromatic heterocycles. The molecule has 20 heavy (non-hydrogen) atoms. The molecule has 1 atom stereocenters. The first-order chi connectivity index (χ1) is 9.58. The molecule has 0 bridgehead atoms. The number of carbonyl (C=O) groups is 1. The molecule has 6 heteroatoms. The second kappa shape index (κ2) is 6.67. The second-order valence-corrected chi connectivity index (χ2v) is 4.76. The summed E-state index contributed by atoms with van der Waals surface area (Å²) in [5.41, 5.74) is 5.81. The van der Waals surface area contributed by atoms with Crippen LogP contribution in [-0.2, 0) is 9.47 Å². The lowest BCUT2D eigenvalue weighted by atomic mass is 10.2. The maximum absolute atomic E-state index is 13.2. The van der Waals surface area contributed by atoms with Crippen molar-refractivity contribution in [1.29, 1.82) is 0 Å². The Kier molecular flexibility index (Phi) is 4.92. The highest BCUT2D eigenvalue weighted by atomic mass is 19.1. The molecule has 0 spiro atoms. The zero-order valence-electron chi connectivity index (χ0n) is 11.5. The van der Waals surface area contributed by atoms with E-state index in [1.54, 1.807) is 0 Å². The molecule has 0 aliphatic carbocycles. The summed E-state index contributed by atoms with van der Waals surface area (Å²) in [5, 5.41) is 0. The minimum Gasteiger partial charge on any atom is -0.459 e. The molecule has 0 saturated carbocycles. The zero-order valence-corrected chi connectivity index (χ0v) is 11.5. The van der Waals surface area contributed by atoms with Gasteiger partial charge in [-0.05, 0) is 24.7 Å². The smallest absolute Gasteiger partial charge is 0.338 e. The number of carbonyl (C=O) groups excluding carboxylic acids is 1. The van der Waals surface area contributed by atoms with Gasteiger partial charge < -0.3 is 15.2 Å². The molecule has 5 nitrogen and oxygen atoms in total. The predicted molar refractivity (Wildman–Crippen MR) is 72.9 cm³/mol. The molecular weight excluding hydrogens is 263 g/mol. The summed E-state index contributed by atoms with van der Waals surface area (Å²) in [5.74, 6) is -1.14. The molecule has 0 radical (unpaired) electrons. The predicted octanol–water partition coefficient (Wildman–Crippen LogP) is 1.29. The SMILES string of the molecule is CCN1CCOC(COC(=O)c2cc(N)cc(F)c2)C1. The number of benzene rings is 1. The molecule has 1 aromatic rings. The summed E-state index contributed by atoms with van der Waals surface area (Å²) < 4.78 is 23.8. The Morgan fingerprint density at radius 1 is 1.55 bits per heavy atom. The molecule has 1 aromatic carbocycles. The van der Waals surface area contributed by atoms with Gasteiger partial charge in [0.05, 0.1) is 12.2 Å². The van der Waals surface area contributed by atoms with Gasteiger partial charge in [0.25, 0.3) is 0 Å². The van der Waals surface area contributed by atoms with Crippen molar-refractivity contribution in [2.75, 3.05) is 38.6 Å². The van der Waals surface area contributed by atoms with Crippen molar-refractivity contribution in [3.05, 3.63) is 29.6 Å². The molecule has 1 unspecified atom stereocenters. The van der Waals surface area contributed by atoms with Crippen LogP contribution in [0.1, 0.15) is 17.3 Å². The van der Waals surface area contributed by atoms with Crippen LogP contribution in [0.5, 0.6) is 0 Å². The highest BCUT2D eigenvalue weighted by Gasteiger charge is 2.21. The molecule has 2 N–H and O–H groups in total. The van der Waals surface area contributed by atoms with Crippen molar-refractivity contribution >= 4 is 11.7 Å². The van der Waals surface area contributed by atoms with Crippen molar-refractivity contribution in [1.82, 2.24) is 4.90 Å². The number of nitrogen functional groups attached to an aromatic ring is 1. The Morgan fingerprint density at radius 2 is 2.35 bits per heavy atom. The van der Waals surface area contributed by atoms with Gasteiger partial charge in [-0.15, -0.1) is 0 Å². The van der Waals surface area contributed by atoms with E-state index in [1.807, 2.05) is 0 Å². The van der Waals surface area contributed by atoms with E-state index in [1.165, 1.54) is 6.07 Å². The Bertz CT molecular complexity index is 461. The third-order valence-corrected chi connectivity index (χ3v) is 3.23. The monoisotopic (exact) mass is 282 g/mol. The Labute approximate surface area is 117 Å². The van der Waals surface area contributed by atoms with Crippen molar-refractivity contribution in [2.45, 2.75) is 13.0 Å². The number of nitrogens with two attached hydrogens (primary N) is 1. The minimum atomic E-state index is -0.589. The number of anilines is 1. The summed E-state index contributed by atoms with van der Waals surface area (Å²) >= 11 is 0. The molecule has 1 fully saturated rings. The Balaban J connectivity index is 1.88. The molecule has 1 saturated heterocycles. The number of ether oxygens (including phenoxy) is 2. The van der Waals surface area contributed by atoms with E-state index in [9.17, 15) is 9.18 Å². The lowest BCUT2D eigenvalue weighted by Crippen LogP contribution is -2.44. The molecule has 110 valence electrons. The third kappa shape index (κ3) is 3.91. The lowest BCUT2D eigenvalue weighted by Gasteiger charge is -2.31. The number of morpholine rings is 1. The van der Waals surface area contributed by atoms with E-state index < -0.39 is 11.8 Å². The Morgan fingerprint density at radius 3 is 3.05 bits per heavy atom. The van der Waals surface area contributed by atoms with Crippen molar-refractivity contribution < 1.29 is 18.7 Å². The van der Waals surface area contributed by atoms with E-state index in [0.717, 1.165) is 31.8 Å². The zero-order chi connectivity index (χ0) is 14.5. The van der Waals surface area contributed by atoms with Crippen LogP contribution in [0, 0.1) is 5.82 Å². The first-order valence-electron chi connectivity index (χ1n) is 6.65. The molecule has 1 heterocycles. The van der Waals surface area contributed by atoms with Gasteiger partial charge in [0.15, 0.2) is 0 Å². The normalized spacial score (nSPS) is 19.8. The van der Waals surface area contributed by atoms with E-state index in [4.69, 9.17) is 15.2 Å². The quantitative estimate of drug-likeness (QED) is 0.666. The van der Waals surface area contributed by atoms with Crippen LogP contribution in [0.25, 0.3) is 0 Å². The summed E-state index contributed by atoms with van der Waals surface area (Å²) in [6.45, 7) is 5.42. The number of esters is 1. The van der Waals surface area contributed by atoms with Crippen LogP contribution >= 0.6 is 0 Å². The number of likely N-dealkylation sites (N-methyl/N-ethyl adjacent to an activating group) is 1. The first-order valence-corrected chi connectivity index (χ1v) is 6.65. The molecule has 0 amide bonds.